The average Bonchev–Trinajstić information content (AvgIpc) is 3.49. The summed E-state index contributed by atoms with van der Waals surface area (Å²) in [5, 5.41) is 2.88. The van der Waals surface area contributed by atoms with Crippen molar-refractivity contribution < 1.29 is 18.0 Å². The Balaban J connectivity index is 1.48. The van der Waals surface area contributed by atoms with Gasteiger partial charge in [-0.05, 0) is 61.2 Å². The summed E-state index contributed by atoms with van der Waals surface area (Å²) in [6, 6.07) is 11.7. The van der Waals surface area contributed by atoms with E-state index in [1.54, 1.807) is 13.8 Å². The SMILES string of the molecule is CCN(CC)S(=O)(=O)c1ccc(C(=O)Nc2ccc3c(c2)N(C(=O)C2CCCC2)CC3)cc1. The number of carbonyl (C=O) groups is 2. The number of benzene rings is 2. The molecular formula is C25H31N3O4S. The molecule has 2 aromatic carbocycles. The fourth-order valence-corrected chi connectivity index (χ4v) is 6.23. The molecule has 4 rings (SSSR count). The summed E-state index contributed by atoms with van der Waals surface area (Å²) >= 11 is 0. The zero-order chi connectivity index (χ0) is 23.6. The van der Waals surface area contributed by atoms with E-state index in [9.17, 15) is 18.0 Å². The van der Waals surface area contributed by atoms with E-state index >= 15 is 0 Å². The van der Waals surface area contributed by atoms with Gasteiger partial charge in [0.2, 0.25) is 15.9 Å². The highest BCUT2D eigenvalue weighted by Crippen LogP contribution is 2.35. The number of sulfonamides is 1. The Bertz CT molecular complexity index is 1130. The maximum Gasteiger partial charge on any atom is 0.255 e. The minimum atomic E-state index is -3.57. The molecule has 0 bridgehead atoms. The summed E-state index contributed by atoms with van der Waals surface area (Å²) in [4.78, 5) is 27.8. The molecular weight excluding hydrogens is 438 g/mol. The van der Waals surface area contributed by atoms with Gasteiger partial charge in [0, 0.05) is 42.5 Å². The van der Waals surface area contributed by atoms with Crippen LogP contribution in [0.2, 0.25) is 0 Å². The largest absolute Gasteiger partial charge is 0.322 e. The van der Waals surface area contributed by atoms with Gasteiger partial charge in [0.15, 0.2) is 0 Å². The van der Waals surface area contributed by atoms with Crippen LogP contribution < -0.4 is 10.2 Å². The van der Waals surface area contributed by atoms with Gasteiger partial charge >= 0.3 is 0 Å². The lowest BCUT2D eigenvalue weighted by Crippen LogP contribution is -2.33. The number of hydrogen-bond donors (Lipinski definition) is 1. The van der Waals surface area contributed by atoms with Crippen LogP contribution in [0.25, 0.3) is 0 Å². The molecule has 0 spiro atoms. The predicted octanol–water partition coefficient (Wildman–Crippen LogP) is 4.05. The van der Waals surface area contributed by atoms with E-state index in [1.807, 2.05) is 23.1 Å². The third kappa shape index (κ3) is 4.68. The number of carbonyl (C=O) groups excluding carboxylic acids is 2. The third-order valence-electron chi connectivity index (χ3n) is 6.67. The van der Waals surface area contributed by atoms with Gasteiger partial charge in [-0.2, -0.15) is 4.31 Å². The molecule has 0 unspecified atom stereocenters. The summed E-state index contributed by atoms with van der Waals surface area (Å²) in [7, 11) is -3.57. The highest BCUT2D eigenvalue weighted by atomic mass is 32.2. The van der Waals surface area contributed by atoms with Crippen LogP contribution in [0.4, 0.5) is 11.4 Å². The molecule has 2 amide bonds. The first-order valence-electron chi connectivity index (χ1n) is 11.7. The van der Waals surface area contributed by atoms with Crippen LogP contribution in [0.15, 0.2) is 47.4 Å². The normalized spacial score (nSPS) is 16.3. The van der Waals surface area contributed by atoms with E-state index in [-0.39, 0.29) is 22.6 Å². The maximum atomic E-state index is 13.0. The number of hydrogen-bond acceptors (Lipinski definition) is 4. The average molecular weight is 470 g/mol. The van der Waals surface area contributed by atoms with Gasteiger partial charge in [-0.15, -0.1) is 0 Å². The number of amides is 2. The first kappa shape index (κ1) is 23.4. The Morgan fingerprint density at radius 2 is 1.70 bits per heavy atom. The quantitative estimate of drug-likeness (QED) is 0.663. The van der Waals surface area contributed by atoms with Crippen LogP contribution in [0, 0.1) is 5.92 Å². The van der Waals surface area contributed by atoms with Crippen molar-refractivity contribution in [2.24, 2.45) is 5.92 Å². The molecule has 1 N–H and O–H groups in total. The molecule has 0 radical (unpaired) electrons. The number of nitrogens with one attached hydrogen (secondary N) is 1. The van der Waals surface area contributed by atoms with Crippen molar-refractivity contribution in [3.8, 4) is 0 Å². The van der Waals surface area contributed by atoms with Crippen molar-refractivity contribution in [1.29, 1.82) is 0 Å². The molecule has 176 valence electrons. The van der Waals surface area contributed by atoms with Crippen LogP contribution in [-0.2, 0) is 21.2 Å². The first-order chi connectivity index (χ1) is 15.8. The van der Waals surface area contributed by atoms with Gasteiger partial charge in [0.05, 0.1) is 4.90 Å². The van der Waals surface area contributed by atoms with E-state index in [1.165, 1.54) is 28.6 Å². The molecule has 33 heavy (non-hydrogen) atoms. The molecule has 2 aliphatic rings. The van der Waals surface area contributed by atoms with E-state index in [0.29, 0.717) is 30.9 Å². The van der Waals surface area contributed by atoms with Gasteiger partial charge in [0.1, 0.15) is 0 Å². The van der Waals surface area contributed by atoms with Crippen molar-refractivity contribution >= 4 is 33.2 Å². The van der Waals surface area contributed by atoms with E-state index in [2.05, 4.69) is 5.32 Å². The highest BCUT2D eigenvalue weighted by molar-refractivity contribution is 7.89. The van der Waals surface area contributed by atoms with Gasteiger partial charge < -0.3 is 10.2 Å². The van der Waals surface area contributed by atoms with Gasteiger partial charge in [0.25, 0.3) is 5.91 Å². The van der Waals surface area contributed by atoms with Gasteiger partial charge in [-0.3, -0.25) is 9.59 Å². The molecule has 1 heterocycles. The van der Waals surface area contributed by atoms with Crippen LogP contribution in [0.3, 0.4) is 0 Å². The van der Waals surface area contributed by atoms with Crippen molar-refractivity contribution in [2.75, 3.05) is 29.9 Å². The van der Waals surface area contributed by atoms with Crippen LogP contribution in [-0.4, -0.2) is 44.2 Å². The standard InChI is InChI=1S/C25H31N3O4S/c1-3-27(4-2)33(31,32)22-13-10-19(11-14-22)24(29)26-21-12-9-18-15-16-28(23(18)17-21)25(30)20-7-5-6-8-20/h9-14,17,20H,3-8,15-16H2,1-2H3,(H,26,29). The molecule has 8 heteroatoms. The lowest BCUT2D eigenvalue weighted by Gasteiger charge is -2.21. The van der Waals surface area contributed by atoms with E-state index in [0.717, 1.165) is 43.4 Å². The second-order valence-corrected chi connectivity index (χ2v) is 10.6. The Kier molecular flexibility index (Phi) is 6.86. The molecule has 1 fully saturated rings. The highest BCUT2D eigenvalue weighted by Gasteiger charge is 2.32. The number of anilines is 2. The smallest absolute Gasteiger partial charge is 0.255 e. The third-order valence-corrected chi connectivity index (χ3v) is 8.73. The predicted molar refractivity (Wildman–Crippen MR) is 129 cm³/mol. The fourth-order valence-electron chi connectivity index (χ4n) is 4.77. The zero-order valence-electron chi connectivity index (χ0n) is 19.2. The summed E-state index contributed by atoms with van der Waals surface area (Å²) in [5.41, 5.74) is 2.98. The monoisotopic (exact) mass is 469 g/mol. The lowest BCUT2D eigenvalue weighted by atomic mass is 10.1. The van der Waals surface area contributed by atoms with E-state index < -0.39 is 10.0 Å². The maximum absolute atomic E-state index is 13.0. The fraction of sp³-hybridized carbons (Fsp3) is 0.440. The number of fused-ring (bicyclic) bond motifs is 1. The van der Waals surface area contributed by atoms with Crippen molar-refractivity contribution in [3.05, 3.63) is 53.6 Å². The van der Waals surface area contributed by atoms with Gasteiger partial charge in [-0.1, -0.05) is 32.8 Å². The first-order valence-corrected chi connectivity index (χ1v) is 13.1. The molecule has 2 aromatic rings. The molecule has 0 saturated heterocycles. The summed E-state index contributed by atoms with van der Waals surface area (Å²) in [6.45, 7) is 5.05. The molecule has 1 aliphatic carbocycles. The second-order valence-electron chi connectivity index (χ2n) is 8.63. The summed E-state index contributed by atoms with van der Waals surface area (Å²) in [6.07, 6.45) is 4.97. The Morgan fingerprint density at radius 1 is 1.03 bits per heavy atom. The molecule has 1 saturated carbocycles. The van der Waals surface area contributed by atoms with Crippen LogP contribution in [0.1, 0.15) is 55.5 Å². The lowest BCUT2D eigenvalue weighted by molar-refractivity contribution is -0.122. The Labute approximate surface area is 195 Å². The van der Waals surface area contributed by atoms with Crippen molar-refractivity contribution in [2.45, 2.75) is 50.8 Å². The van der Waals surface area contributed by atoms with E-state index in [4.69, 9.17) is 0 Å². The molecule has 7 nitrogen and oxygen atoms in total. The number of rotatable bonds is 7. The minimum Gasteiger partial charge on any atom is -0.322 e. The van der Waals surface area contributed by atoms with Crippen LogP contribution >= 0.6 is 0 Å². The minimum absolute atomic E-state index is 0.111. The van der Waals surface area contributed by atoms with Crippen molar-refractivity contribution in [3.63, 3.8) is 0 Å². The Morgan fingerprint density at radius 3 is 2.33 bits per heavy atom. The summed E-state index contributed by atoms with van der Waals surface area (Å²) < 4.78 is 26.7. The second kappa shape index (κ2) is 9.65. The van der Waals surface area contributed by atoms with Gasteiger partial charge in [-0.25, -0.2) is 8.42 Å². The zero-order valence-corrected chi connectivity index (χ0v) is 20.0. The topological polar surface area (TPSA) is 86.8 Å². The molecule has 0 aromatic heterocycles. The van der Waals surface area contributed by atoms with Crippen molar-refractivity contribution in [1.82, 2.24) is 4.31 Å². The molecule has 1 aliphatic heterocycles. The van der Waals surface area contributed by atoms with Crippen LogP contribution in [0.5, 0.6) is 0 Å². The molecule has 0 atom stereocenters. The number of nitrogens with zero attached hydrogens (tertiary/aromatic N) is 2. The Hall–Kier alpha value is -2.71. The summed E-state index contributed by atoms with van der Waals surface area (Å²) in [5.74, 6) is -0.0199.